The summed E-state index contributed by atoms with van der Waals surface area (Å²) in [5.74, 6) is -1.12. The predicted molar refractivity (Wildman–Crippen MR) is 73.5 cm³/mol. The SMILES string of the molecule is CNC(CN1CCC(C(F)(F)F)CC1)c1ccccc1. The number of halogens is 3. The van der Waals surface area contributed by atoms with Gasteiger partial charge in [-0.3, -0.25) is 0 Å². The van der Waals surface area contributed by atoms with E-state index < -0.39 is 12.1 Å². The highest BCUT2D eigenvalue weighted by molar-refractivity contribution is 5.19. The first-order chi connectivity index (χ1) is 9.50. The van der Waals surface area contributed by atoms with Gasteiger partial charge in [0.25, 0.3) is 0 Å². The molecule has 1 N–H and O–H groups in total. The zero-order valence-corrected chi connectivity index (χ0v) is 11.7. The van der Waals surface area contributed by atoms with Crippen LogP contribution in [0.3, 0.4) is 0 Å². The van der Waals surface area contributed by atoms with Gasteiger partial charge >= 0.3 is 6.18 Å². The van der Waals surface area contributed by atoms with Crippen molar-refractivity contribution < 1.29 is 13.2 Å². The van der Waals surface area contributed by atoms with E-state index in [4.69, 9.17) is 0 Å². The van der Waals surface area contributed by atoms with Gasteiger partial charge < -0.3 is 10.2 Å². The first-order valence-electron chi connectivity index (χ1n) is 7.02. The highest BCUT2D eigenvalue weighted by atomic mass is 19.4. The molecule has 1 atom stereocenters. The maximum Gasteiger partial charge on any atom is 0.391 e. The molecule has 0 radical (unpaired) electrons. The minimum atomic E-state index is -4.03. The first kappa shape index (κ1) is 15.3. The van der Waals surface area contributed by atoms with E-state index in [9.17, 15) is 13.2 Å². The monoisotopic (exact) mass is 286 g/mol. The van der Waals surface area contributed by atoms with Gasteiger partial charge in [-0.15, -0.1) is 0 Å². The molecule has 2 rings (SSSR count). The summed E-state index contributed by atoms with van der Waals surface area (Å²) in [6, 6.07) is 10.2. The third-order valence-electron chi connectivity index (χ3n) is 4.04. The molecule has 1 aromatic carbocycles. The highest BCUT2D eigenvalue weighted by Gasteiger charge is 2.41. The lowest BCUT2D eigenvalue weighted by atomic mass is 9.95. The van der Waals surface area contributed by atoms with Crippen LogP contribution >= 0.6 is 0 Å². The fraction of sp³-hybridized carbons (Fsp3) is 0.600. The van der Waals surface area contributed by atoms with Crippen LogP contribution in [0.4, 0.5) is 13.2 Å². The van der Waals surface area contributed by atoms with E-state index in [2.05, 4.69) is 10.2 Å². The summed E-state index contributed by atoms with van der Waals surface area (Å²) in [5, 5.41) is 3.24. The number of piperidine rings is 1. The average molecular weight is 286 g/mol. The van der Waals surface area contributed by atoms with Crippen molar-refractivity contribution in [3.05, 3.63) is 35.9 Å². The van der Waals surface area contributed by atoms with Gasteiger partial charge in [-0.2, -0.15) is 13.2 Å². The van der Waals surface area contributed by atoms with E-state index in [-0.39, 0.29) is 18.9 Å². The zero-order chi connectivity index (χ0) is 14.6. The van der Waals surface area contributed by atoms with E-state index in [1.165, 1.54) is 5.56 Å². The summed E-state index contributed by atoms with van der Waals surface area (Å²) < 4.78 is 37.9. The quantitative estimate of drug-likeness (QED) is 0.914. The van der Waals surface area contributed by atoms with Crippen LogP contribution in [0.1, 0.15) is 24.4 Å². The second-order valence-electron chi connectivity index (χ2n) is 5.37. The van der Waals surface area contributed by atoms with Gasteiger partial charge in [0.1, 0.15) is 0 Å². The molecule has 1 fully saturated rings. The molecule has 0 amide bonds. The number of hydrogen-bond donors (Lipinski definition) is 1. The maximum atomic E-state index is 12.6. The minimum absolute atomic E-state index is 0.165. The molecule has 1 unspecified atom stereocenters. The minimum Gasteiger partial charge on any atom is -0.312 e. The van der Waals surface area contributed by atoms with Crippen LogP contribution in [0.5, 0.6) is 0 Å². The normalized spacial score (nSPS) is 20.0. The van der Waals surface area contributed by atoms with E-state index in [0.29, 0.717) is 13.1 Å². The number of alkyl halides is 3. The molecular weight excluding hydrogens is 265 g/mol. The summed E-state index contributed by atoms with van der Waals surface area (Å²) >= 11 is 0. The standard InChI is InChI=1S/C15H21F3N2/c1-19-14(12-5-3-2-4-6-12)11-20-9-7-13(8-10-20)15(16,17)18/h2-6,13-14,19H,7-11H2,1H3. The fourth-order valence-electron chi connectivity index (χ4n) is 2.75. The summed E-state index contributed by atoms with van der Waals surface area (Å²) in [6.07, 6.45) is -3.60. The van der Waals surface area contributed by atoms with E-state index in [0.717, 1.165) is 6.54 Å². The molecule has 20 heavy (non-hydrogen) atoms. The summed E-state index contributed by atoms with van der Waals surface area (Å²) in [6.45, 7) is 1.80. The van der Waals surface area contributed by atoms with Crippen molar-refractivity contribution in [1.29, 1.82) is 0 Å². The lowest BCUT2D eigenvalue weighted by molar-refractivity contribution is -0.185. The largest absolute Gasteiger partial charge is 0.391 e. The van der Waals surface area contributed by atoms with Crippen LogP contribution in [0.2, 0.25) is 0 Å². The van der Waals surface area contributed by atoms with Crippen LogP contribution in [-0.2, 0) is 0 Å². The summed E-state index contributed by atoms with van der Waals surface area (Å²) in [4.78, 5) is 2.12. The lowest BCUT2D eigenvalue weighted by Crippen LogP contribution is -2.42. The summed E-state index contributed by atoms with van der Waals surface area (Å²) in [5.41, 5.74) is 1.17. The van der Waals surface area contributed by atoms with Gasteiger partial charge in [-0.05, 0) is 38.5 Å². The van der Waals surface area contributed by atoms with Crippen molar-refractivity contribution in [1.82, 2.24) is 10.2 Å². The van der Waals surface area contributed by atoms with Gasteiger partial charge in [-0.1, -0.05) is 30.3 Å². The average Bonchev–Trinajstić information content (AvgIpc) is 2.45. The first-order valence-corrected chi connectivity index (χ1v) is 7.02. The molecule has 0 aliphatic carbocycles. The molecule has 0 spiro atoms. The number of likely N-dealkylation sites (N-methyl/N-ethyl adjacent to an activating group) is 1. The number of nitrogens with one attached hydrogen (secondary N) is 1. The third kappa shape index (κ3) is 3.96. The van der Waals surface area contributed by atoms with Gasteiger partial charge in [0.05, 0.1) is 5.92 Å². The molecule has 0 saturated carbocycles. The molecule has 0 bridgehead atoms. The van der Waals surface area contributed by atoms with Crippen LogP contribution in [-0.4, -0.2) is 37.8 Å². The maximum absolute atomic E-state index is 12.6. The van der Waals surface area contributed by atoms with Crippen LogP contribution in [0.25, 0.3) is 0 Å². The van der Waals surface area contributed by atoms with Crippen LogP contribution < -0.4 is 5.32 Å². The van der Waals surface area contributed by atoms with Gasteiger partial charge in [0, 0.05) is 12.6 Å². The second kappa shape index (κ2) is 6.59. The Morgan fingerprint density at radius 2 is 1.80 bits per heavy atom. The van der Waals surface area contributed by atoms with Crippen molar-refractivity contribution in [2.75, 3.05) is 26.7 Å². The van der Waals surface area contributed by atoms with E-state index >= 15 is 0 Å². The molecular formula is C15H21F3N2. The second-order valence-corrected chi connectivity index (χ2v) is 5.37. The Morgan fingerprint density at radius 3 is 2.30 bits per heavy atom. The molecule has 2 nitrogen and oxygen atoms in total. The van der Waals surface area contributed by atoms with Crippen LogP contribution in [0, 0.1) is 5.92 Å². The molecule has 5 heteroatoms. The van der Waals surface area contributed by atoms with Gasteiger partial charge in [-0.25, -0.2) is 0 Å². The van der Waals surface area contributed by atoms with Gasteiger partial charge in [0.15, 0.2) is 0 Å². The van der Waals surface area contributed by atoms with E-state index in [1.54, 1.807) is 0 Å². The third-order valence-corrected chi connectivity index (χ3v) is 4.04. The van der Waals surface area contributed by atoms with Crippen molar-refractivity contribution in [2.24, 2.45) is 5.92 Å². The Bertz CT molecular complexity index is 397. The Balaban J connectivity index is 1.88. The Labute approximate surface area is 118 Å². The molecule has 1 aliphatic heterocycles. The molecule has 112 valence electrons. The fourth-order valence-corrected chi connectivity index (χ4v) is 2.75. The Hall–Kier alpha value is -1.07. The number of hydrogen-bond acceptors (Lipinski definition) is 2. The highest BCUT2D eigenvalue weighted by Crippen LogP contribution is 2.34. The van der Waals surface area contributed by atoms with Crippen molar-refractivity contribution >= 4 is 0 Å². The Kier molecular flexibility index (Phi) is 5.05. The molecule has 1 aromatic rings. The van der Waals surface area contributed by atoms with Crippen molar-refractivity contribution in [3.63, 3.8) is 0 Å². The number of nitrogens with zero attached hydrogens (tertiary/aromatic N) is 1. The van der Waals surface area contributed by atoms with Crippen LogP contribution in [0.15, 0.2) is 30.3 Å². The molecule has 0 aromatic heterocycles. The molecule has 1 aliphatic rings. The topological polar surface area (TPSA) is 15.3 Å². The number of benzene rings is 1. The Morgan fingerprint density at radius 1 is 1.20 bits per heavy atom. The van der Waals surface area contributed by atoms with Gasteiger partial charge in [0.2, 0.25) is 0 Å². The summed E-state index contributed by atoms with van der Waals surface area (Å²) in [7, 11) is 1.89. The van der Waals surface area contributed by atoms with Crippen molar-refractivity contribution in [2.45, 2.75) is 25.1 Å². The predicted octanol–water partition coefficient (Wildman–Crippen LogP) is 3.22. The lowest BCUT2D eigenvalue weighted by Gasteiger charge is -2.35. The number of likely N-dealkylation sites (tertiary alicyclic amines) is 1. The zero-order valence-electron chi connectivity index (χ0n) is 11.7. The molecule has 1 heterocycles. The number of rotatable bonds is 4. The molecule has 1 saturated heterocycles. The van der Waals surface area contributed by atoms with E-state index in [1.807, 2.05) is 37.4 Å². The van der Waals surface area contributed by atoms with Crippen molar-refractivity contribution in [3.8, 4) is 0 Å². The smallest absolute Gasteiger partial charge is 0.312 e.